The van der Waals surface area contributed by atoms with Gasteiger partial charge in [-0.05, 0) is 28.2 Å². The van der Waals surface area contributed by atoms with E-state index < -0.39 is 36.7 Å². The number of aliphatic hydroxyl groups excluding tert-OH is 4. The first-order valence-corrected chi connectivity index (χ1v) is 6.72. The summed E-state index contributed by atoms with van der Waals surface area (Å²) in [5, 5.41) is 40.1. The number of hydrogen-bond donors (Lipinski definition) is 4. The van der Waals surface area contributed by atoms with Crippen molar-refractivity contribution in [1.29, 1.82) is 0 Å². The van der Waals surface area contributed by atoms with Gasteiger partial charge in [-0.25, -0.2) is 0 Å². The molecule has 10 nitrogen and oxygen atoms in total. The van der Waals surface area contributed by atoms with Crippen LogP contribution < -0.4 is 0 Å². The first-order chi connectivity index (χ1) is 10.1. The average Bonchev–Trinajstić information content (AvgIpc) is 2.35. The fourth-order valence-electron chi connectivity index (χ4n) is 2.18. The van der Waals surface area contributed by atoms with Crippen LogP contribution in [0.4, 0.5) is 0 Å². The SMILES string of the molecule is CN(C)CC(=O)N1C(O)C(O)N(C(=O)CN(C)C)C(O)C1O. The zero-order chi connectivity index (χ0) is 17.2. The van der Waals surface area contributed by atoms with Crippen molar-refractivity contribution in [3.05, 3.63) is 0 Å². The third-order valence-corrected chi connectivity index (χ3v) is 3.15. The summed E-state index contributed by atoms with van der Waals surface area (Å²) in [5.41, 5.74) is 0. The largest absolute Gasteiger partial charge is 0.369 e. The summed E-state index contributed by atoms with van der Waals surface area (Å²) in [7, 11) is 6.45. The number of likely N-dealkylation sites (N-methyl/N-ethyl adjacent to an activating group) is 2. The molecule has 0 radical (unpaired) electrons. The Balaban J connectivity index is 2.96. The number of aliphatic hydroxyl groups is 4. The van der Waals surface area contributed by atoms with E-state index in [-0.39, 0.29) is 13.1 Å². The molecule has 0 aromatic carbocycles. The van der Waals surface area contributed by atoms with Crippen molar-refractivity contribution in [2.75, 3.05) is 41.3 Å². The van der Waals surface area contributed by atoms with Crippen LogP contribution in [0.15, 0.2) is 0 Å². The molecule has 22 heavy (non-hydrogen) atoms. The van der Waals surface area contributed by atoms with E-state index in [0.29, 0.717) is 9.80 Å². The van der Waals surface area contributed by atoms with Crippen molar-refractivity contribution in [1.82, 2.24) is 19.6 Å². The molecular formula is C12H24N4O6. The van der Waals surface area contributed by atoms with Crippen molar-refractivity contribution in [2.24, 2.45) is 0 Å². The van der Waals surface area contributed by atoms with Gasteiger partial charge in [-0.15, -0.1) is 0 Å². The van der Waals surface area contributed by atoms with Crippen LogP contribution >= 0.6 is 0 Å². The summed E-state index contributed by atoms with van der Waals surface area (Å²) < 4.78 is 0. The zero-order valence-corrected chi connectivity index (χ0v) is 13.1. The number of rotatable bonds is 4. The Hall–Kier alpha value is -1.30. The highest BCUT2D eigenvalue weighted by Crippen LogP contribution is 2.23. The second-order valence-corrected chi connectivity index (χ2v) is 5.73. The smallest absolute Gasteiger partial charge is 0.241 e. The Bertz CT molecular complexity index is 364. The van der Waals surface area contributed by atoms with E-state index in [2.05, 4.69) is 0 Å². The Morgan fingerprint density at radius 3 is 1.14 bits per heavy atom. The Kier molecular flexibility index (Phi) is 6.23. The molecule has 4 atom stereocenters. The minimum Gasteiger partial charge on any atom is -0.369 e. The monoisotopic (exact) mass is 320 g/mol. The maximum Gasteiger partial charge on any atom is 0.241 e. The zero-order valence-electron chi connectivity index (χ0n) is 13.1. The highest BCUT2D eigenvalue weighted by Gasteiger charge is 2.49. The molecule has 1 saturated heterocycles. The van der Waals surface area contributed by atoms with Gasteiger partial charge in [0.2, 0.25) is 11.8 Å². The van der Waals surface area contributed by atoms with Crippen LogP contribution in [0.5, 0.6) is 0 Å². The molecule has 10 heteroatoms. The summed E-state index contributed by atoms with van der Waals surface area (Å²) in [6.45, 7) is -0.279. The lowest BCUT2D eigenvalue weighted by Gasteiger charge is -2.48. The van der Waals surface area contributed by atoms with E-state index in [0.717, 1.165) is 0 Å². The number of hydrogen-bond acceptors (Lipinski definition) is 8. The van der Waals surface area contributed by atoms with Gasteiger partial charge >= 0.3 is 0 Å². The lowest BCUT2D eigenvalue weighted by molar-refractivity contribution is -0.282. The van der Waals surface area contributed by atoms with Crippen molar-refractivity contribution in [3.8, 4) is 0 Å². The van der Waals surface area contributed by atoms with Gasteiger partial charge in [0.15, 0.2) is 24.9 Å². The highest BCUT2D eigenvalue weighted by atomic mass is 16.4. The van der Waals surface area contributed by atoms with E-state index in [4.69, 9.17) is 0 Å². The quantitative estimate of drug-likeness (QED) is 0.413. The molecule has 0 aromatic heterocycles. The van der Waals surface area contributed by atoms with Gasteiger partial charge in [0.05, 0.1) is 13.1 Å². The molecule has 128 valence electrons. The molecule has 0 aliphatic carbocycles. The second-order valence-electron chi connectivity index (χ2n) is 5.73. The van der Waals surface area contributed by atoms with Gasteiger partial charge in [0.1, 0.15) is 0 Å². The molecule has 0 spiro atoms. The fourth-order valence-corrected chi connectivity index (χ4v) is 2.18. The molecule has 0 bridgehead atoms. The van der Waals surface area contributed by atoms with Crippen LogP contribution in [-0.4, -0.2) is 118 Å². The lowest BCUT2D eigenvalue weighted by Crippen LogP contribution is -2.72. The number of carbonyl (C=O) groups is 2. The highest BCUT2D eigenvalue weighted by molar-refractivity contribution is 5.81. The lowest BCUT2D eigenvalue weighted by atomic mass is 10.2. The number of carbonyl (C=O) groups excluding carboxylic acids is 2. The third kappa shape index (κ3) is 3.91. The predicted octanol–water partition coefficient (Wildman–Crippen LogP) is -3.95. The summed E-state index contributed by atoms with van der Waals surface area (Å²) >= 11 is 0. The van der Waals surface area contributed by atoms with E-state index in [1.807, 2.05) is 0 Å². The summed E-state index contributed by atoms with van der Waals surface area (Å²) in [5.74, 6) is -1.38. The van der Waals surface area contributed by atoms with E-state index in [1.54, 1.807) is 28.2 Å². The van der Waals surface area contributed by atoms with E-state index >= 15 is 0 Å². The first kappa shape index (κ1) is 18.7. The summed E-state index contributed by atoms with van der Waals surface area (Å²) in [6.07, 6.45) is -7.34. The second kappa shape index (κ2) is 7.31. The van der Waals surface area contributed by atoms with Gasteiger partial charge in [-0.1, -0.05) is 0 Å². The molecule has 0 aromatic rings. The van der Waals surface area contributed by atoms with Gasteiger partial charge < -0.3 is 30.2 Å². The molecule has 0 saturated carbocycles. The van der Waals surface area contributed by atoms with Crippen LogP contribution in [-0.2, 0) is 9.59 Å². The maximum absolute atomic E-state index is 12.0. The molecule has 1 aliphatic rings. The predicted molar refractivity (Wildman–Crippen MR) is 74.8 cm³/mol. The summed E-state index contributed by atoms with van der Waals surface area (Å²) in [4.78, 5) is 28.1. The van der Waals surface area contributed by atoms with Crippen LogP contribution in [0.3, 0.4) is 0 Å². The van der Waals surface area contributed by atoms with Crippen LogP contribution in [0.1, 0.15) is 0 Å². The number of piperazine rings is 1. The Morgan fingerprint density at radius 1 is 0.727 bits per heavy atom. The van der Waals surface area contributed by atoms with Gasteiger partial charge in [-0.3, -0.25) is 19.4 Å². The van der Waals surface area contributed by atoms with Gasteiger partial charge in [-0.2, -0.15) is 0 Å². The fraction of sp³-hybridized carbons (Fsp3) is 0.833. The molecule has 4 N–H and O–H groups in total. The van der Waals surface area contributed by atoms with Crippen molar-refractivity contribution < 1.29 is 30.0 Å². The Morgan fingerprint density at radius 2 is 0.955 bits per heavy atom. The Labute approximate surface area is 128 Å². The molecule has 1 rings (SSSR count). The third-order valence-electron chi connectivity index (χ3n) is 3.15. The average molecular weight is 320 g/mol. The van der Waals surface area contributed by atoms with Crippen molar-refractivity contribution in [2.45, 2.75) is 24.9 Å². The van der Waals surface area contributed by atoms with Crippen LogP contribution in [0.25, 0.3) is 0 Å². The topological polar surface area (TPSA) is 128 Å². The maximum atomic E-state index is 12.0. The van der Waals surface area contributed by atoms with E-state index in [1.165, 1.54) is 9.80 Å². The van der Waals surface area contributed by atoms with Crippen LogP contribution in [0, 0.1) is 0 Å². The van der Waals surface area contributed by atoms with Gasteiger partial charge in [0, 0.05) is 0 Å². The normalized spacial score (nSPS) is 29.4. The molecule has 2 amide bonds. The van der Waals surface area contributed by atoms with Crippen molar-refractivity contribution in [3.63, 3.8) is 0 Å². The van der Waals surface area contributed by atoms with Crippen molar-refractivity contribution >= 4 is 11.8 Å². The number of amides is 2. The number of nitrogens with zero attached hydrogens (tertiary/aromatic N) is 4. The molecule has 1 heterocycles. The molecule has 1 fully saturated rings. The first-order valence-electron chi connectivity index (χ1n) is 6.72. The van der Waals surface area contributed by atoms with Crippen LogP contribution in [0.2, 0.25) is 0 Å². The minimum absolute atomic E-state index is 0.140. The molecule has 1 aliphatic heterocycles. The molecule has 4 unspecified atom stereocenters. The van der Waals surface area contributed by atoms with Gasteiger partial charge in [0.25, 0.3) is 0 Å². The minimum atomic E-state index is -1.84. The molecular weight excluding hydrogens is 296 g/mol. The van der Waals surface area contributed by atoms with E-state index in [9.17, 15) is 30.0 Å². The summed E-state index contributed by atoms with van der Waals surface area (Å²) in [6, 6.07) is 0. The standard InChI is InChI=1S/C12H24N4O6/c1-13(2)5-7(17)15-9(19)11(21)16(12(22)10(15)20)8(18)6-14(3)4/h9-12,19-22H,5-6H2,1-4H3.